The van der Waals surface area contributed by atoms with Crippen LogP contribution in [0.4, 0.5) is 0 Å². The molecule has 0 aliphatic heterocycles. The quantitative estimate of drug-likeness (QED) is 0.740. The Kier molecular flexibility index (Phi) is 3.20. The van der Waals surface area contributed by atoms with Crippen molar-refractivity contribution in [3.05, 3.63) is 42.0 Å². The molecular weight excluding hydrogens is 176 g/mol. The molecule has 0 radical (unpaired) electrons. The molecule has 1 rings (SSSR count). The van der Waals surface area contributed by atoms with Crippen LogP contribution in [0.15, 0.2) is 36.4 Å². The molecule has 2 nitrogen and oxygen atoms in total. The number of rotatable bonds is 3. The van der Waals surface area contributed by atoms with Gasteiger partial charge in [0.15, 0.2) is 5.78 Å². The number of carbonyl (C=O) groups is 1. The lowest BCUT2D eigenvalue weighted by Gasteiger charge is -2.11. The van der Waals surface area contributed by atoms with Crippen molar-refractivity contribution in [2.24, 2.45) is 0 Å². The van der Waals surface area contributed by atoms with Gasteiger partial charge in [-0.15, -0.1) is 0 Å². The zero-order valence-corrected chi connectivity index (χ0v) is 8.40. The molecule has 0 aliphatic rings. The molecule has 0 aromatic heterocycles. The molecule has 0 amide bonds. The van der Waals surface area contributed by atoms with E-state index in [0.717, 1.165) is 5.56 Å². The lowest BCUT2D eigenvalue weighted by atomic mass is 10.0. The van der Waals surface area contributed by atoms with E-state index in [0.29, 0.717) is 0 Å². The van der Waals surface area contributed by atoms with Gasteiger partial charge in [0.1, 0.15) is 5.60 Å². The third-order valence-electron chi connectivity index (χ3n) is 1.83. The average Bonchev–Trinajstić information content (AvgIpc) is 2.14. The SMILES string of the molecule is CC(C)(O)C(=O)C=Cc1ccccc1. The van der Waals surface area contributed by atoms with E-state index in [4.69, 9.17) is 0 Å². The van der Waals surface area contributed by atoms with Gasteiger partial charge in [0.05, 0.1) is 0 Å². The number of ketones is 1. The molecule has 1 N–H and O–H groups in total. The van der Waals surface area contributed by atoms with Crippen LogP contribution in [-0.2, 0) is 4.79 Å². The smallest absolute Gasteiger partial charge is 0.186 e. The summed E-state index contributed by atoms with van der Waals surface area (Å²) in [6, 6.07) is 9.50. The number of carbonyl (C=O) groups excluding carboxylic acids is 1. The second-order valence-electron chi connectivity index (χ2n) is 3.67. The summed E-state index contributed by atoms with van der Waals surface area (Å²) in [6.45, 7) is 2.95. The number of benzene rings is 1. The molecule has 0 heterocycles. The topological polar surface area (TPSA) is 37.3 Å². The van der Waals surface area contributed by atoms with Crippen LogP contribution in [0.1, 0.15) is 19.4 Å². The first-order valence-corrected chi connectivity index (χ1v) is 4.50. The standard InChI is InChI=1S/C12H14O2/c1-12(2,14)11(13)9-8-10-6-4-3-5-7-10/h3-9,14H,1-2H3. The first kappa shape index (κ1) is 10.7. The van der Waals surface area contributed by atoms with E-state index < -0.39 is 5.60 Å². The minimum atomic E-state index is -1.29. The maximum absolute atomic E-state index is 11.3. The van der Waals surface area contributed by atoms with Gasteiger partial charge in [-0.2, -0.15) is 0 Å². The normalized spacial score (nSPS) is 11.9. The van der Waals surface area contributed by atoms with Crippen LogP contribution < -0.4 is 0 Å². The third-order valence-corrected chi connectivity index (χ3v) is 1.83. The Morgan fingerprint density at radius 2 is 1.86 bits per heavy atom. The van der Waals surface area contributed by atoms with Gasteiger partial charge in [-0.3, -0.25) is 4.79 Å². The van der Waals surface area contributed by atoms with Crippen molar-refractivity contribution in [2.75, 3.05) is 0 Å². The lowest BCUT2D eigenvalue weighted by Crippen LogP contribution is -2.29. The number of aliphatic hydroxyl groups is 1. The highest BCUT2D eigenvalue weighted by molar-refractivity contribution is 5.99. The Labute approximate surface area is 83.9 Å². The van der Waals surface area contributed by atoms with Gasteiger partial charge < -0.3 is 5.11 Å². The maximum atomic E-state index is 11.3. The van der Waals surface area contributed by atoms with Crippen LogP contribution >= 0.6 is 0 Å². The van der Waals surface area contributed by atoms with E-state index >= 15 is 0 Å². The summed E-state index contributed by atoms with van der Waals surface area (Å²) >= 11 is 0. The molecule has 0 aliphatic carbocycles. The summed E-state index contributed by atoms with van der Waals surface area (Å²) in [7, 11) is 0. The summed E-state index contributed by atoms with van der Waals surface area (Å²) < 4.78 is 0. The Morgan fingerprint density at radius 1 is 1.29 bits per heavy atom. The van der Waals surface area contributed by atoms with Crippen LogP contribution in [0.5, 0.6) is 0 Å². The molecule has 0 unspecified atom stereocenters. The minimum Gasteiger partial charge on any atom is -0.382 e. The van der Waals surface area contributed by atoms with Crippen molar-refractivity contribution < 1.29 is 9.90 Å². The molecule has 0 bridgehead atoms. The highest BCUT2D eigenvalue weighted by Crippen LogP contribution is 2.06. The van der Waals surface area contributed by atoms with E-state index in [1.165, 1.54) is 19.9 Å². The molecule has 2 heteroatoms. The lowest BCUT2D eigenvalue weighted by molar-refractivity contribution is -0.128. The number of hydrogen-bond acceptors (Lipinski definition) is 2. The molecule has 1 aromatic rings. The molecule has 0 saturated carbocycles. The van der Waals surface area contributed by atoms with Crippen molar-refractivity contribution in [1.29, 1.82) is 0 Å². The van der Waals surface area contributed by atoms with Crippen LogP contribution in [0, 0.1) is 0 Å². The first-order chi connectivity index (χ1) is 6.50. The monoisotopic (exact) mass is 190 g/mol. The minimum absolute atomic E-state index is 0.290. The Morgan fingerprint density at radius 3 is 2.36 bits per heavy atom. The van der Waals surface area contributed by atoms with Crippen molar-refractivity contribution in [3.8, 4) is 0 Å². The molecule has 0 spiro atoms. The fraction of sp³-hybridized carbons (Fsp3) is 0.250. The van der Waals surface area contributed by atoms with Crippen molar-refractivity contribution >= 4 is 11.9 Å². The van der Waals surface area contributed by atoms with Crippen molar-refractivity contribution in [1.82, 2.24) is 0 Å². The molecular formula is C12H14O2. The molecule has 0 saturated heterocycles. The van der Waals surface area contributed by atoms with E-state index in [9.17, 15) is 9.90 Å². The van der Waals surface area contributed by atoms with Gasteiger partial charge >= 0.3 is 0 Å². The summed E-state index contributed by atoms with van der Waals surface area (Å²) in [5.74, 6) is -0.290. The summed E-state index contributed by atoms with van der Waals surface area (Å²) in [5, 5.41) is 9.36. The van der Waals surface area contributed by atoms with Gasteiger partial charge in [0.25, 0.3) is 0 Å². The van der Waals surface area contributed by atoms with E-state index in [1.54, 1.807) is 6.08 Å². The predicted molar refractivity (Wildman–Crippen MR) is 56.8 cm³/mol. The Hall–Kier alpha value is -1.41. The zero-order chi connectivity index (χ0) is 10.6. The highest BCUT2D eigenvalue weighted by atomic mass is 16.3. The molecule has 74 valence electrons. The first-order valence-electron chi connectivity index (χ1n) is 4.50. The predicted octanol–water partition coefficient (Wildman–Crippen LogP) is 2.04. The zero-order valence-electron chi connectivity index (χ0n) is 8.40. The maximum Gasteiger partial charge on any atom is 0.186 e. The van der Waals surface area contributed by atoms with Gasteiger partial charge in [-0.25, -0.2) is 0 Å². The van der Waals surface area contributed by atoms with Gasteiger partial charge in [-0.05, 0) is 25.5 Å². The molecule has 0 fully saturated rings. The second kappa shape index (κ2) is 4.20. The van der Waals surface area contributed by atoms with Crippen LogP contribution in [0.2, 0.25) is 0 Å². The third kappa shape index (κ3) is 3.15. The van der Waals surface area contributed by atoms with Crippen LogP contribution in [0.25, 0.3) is 6.08 Å². The average molecular weight is 190 g/mol. The summed E-state index contributed by atoms with van der Waals surface area (Å²) in [4.78, 5) is 11.3. The highest BCUT2D eigenvalue weighted by Gasteiger charge is 2.20. The van der Waals surface area contributed by atoms with E-state index in [2.05, 4.69) is 0 Å². The molecule has 0 atom stereocenters. The Bertz CT molecular complexity index is 331. The largest absolute Gasteiger partial charge is 0.382 e. The van der Waals surface area contributed by atoms with Crippen LogP contribution in [-0.4, -0.2) is 16.5 Å². The Balaban J connectivity index is 2.71. The fourth-order valence-corrected chi connectivity index (χ4v) is 0.940. The summed E-state index contributed by atoms with van der Waals surface area (Å²) in [6.07, 6.45) is 3.09. The number of hydrogen-bond donors (Lipinski definition) is 1. The van der Waals surface area contributed by atoms with Gasteiger partial charge in [0, 0.05) is 0 Å². The van der Waals surface area contributed by atoms with E-state index in [-0.39, 0.29) is 5.78 Å². The van der Waals surface area contributed by atoms with Gasteiger partial charge in [0.2, 0.25) is 0 Å². The summed E-state index contributed by atoms with van der Waals surface area (Å²) in [5.41, 5.74) is -0.337. The van der Waals surface area contributed by atoms with Gasteiger partial charge in [-0.1, -0.05) is 36.4 Å². The van der Waals surface area contributed by atoms with E-state index in [1.807, 2.05) is 30.3 Å². The van der Waals surface area contributed by atoms with Crippen molar-refractivity contribution in [2.45, 2.75) is 19.4 Å². The molecule has 14 heavy (non-hydrogen) atoms. The molecule has 1 aromatic carbocycles. The fourth-order valence-electron chi connectivity index (χ4n) is 0.940. The van der Waals surface area contributed by atoms with Crippen LogP contribution in [0.3, 0.4) is 0 Å². The second-order valence-corrected chi connectivity index (χ2v) is 3.67. The van der Waals surface area contributed by atoms with Crippen molar-refractivity contribution in [3.63, 3.8) is 0 Å².